The van der Waals surface area contributed by atoms with Gasteiger partial charge in [-0.15, -0.1) is 6.58 Å². The molecule has 38 heavy (non-hydrogen) atoms. The standard InChI is InChI=1S/C32H45NO5/c1-3-5-6-7-8-9-10-11-12-13-14-27(35)37-25-16-15-23-22-26-32(36)18-17-24(34)30-31(32,28(23)29(25)38-30)19-21-33(26)20-4-2/h4,15-16,26,30,36H,2-3,5-14,17-22H2,1H3/t26-,30+,31-,32-/m1/s1. The molecule has 0 aromatic heterocycles. The van der Waals surface area contributed by atoms with Crippen LogP contribution in [0.3, 0.4) is 0 Å². The van der Waals surface area contributed by atoms with Crippen molar-refractivity contribution < 1.29 is 24.2 Å². The molecule has 2 aliphatic carbocycles. The smallest absolute Gasteiger partial charge is 0.311 e. The van der Waals surface area contributed by atoms with Gasteiger partial charge in [0.05, 0.1) is 11.0 Å². The normalized spacial score (nSPS) is 29.1. The third kappa shape index (κ3) is 4.62. The summed E-state index contributed by atoms with van der Waals surface area (Å²) in [6.07, 6.45) is 15.8. The van der Waals surface area contributed by atoms with E-state index in [1.807, 2.05) is 18.2 Å². The minimum atomic E-state index is -1.05. The number of likely N-dealkylation sites (tertiary alicyclic amines) is 1. The van der Waals surface area contributed by atoms with E-state index in [-0.39, 0.29) is 17.8 Å². The van der Waals surface area contributed by atoms with Gasteiger partial charge in [-0.25, -0.2) is 0 Å². The van der Waals surface area contributed by atoms with Crippen LogP contribution in [0.4, 0.5) is 0 Å². The quantitative estimate of drug-likeness (QED) is 0.143. The predicted octanol–water partition coefficient (Wildman–Crippen LogP) is 5.81. The van der Waals surface area contributed by atoms with Crippen LogP contribution in [0.2, 0.25) is 0 Å². The first kappa shape index (κ1) is 27.4. The zero-order valence-corrected chi connectivity index (χ0v) is 23.1. The van der Waals surface area contributed by atoms with Gasteiger partial charge in [0, 0.05) is 37.5 Å². The Kier molecular flexibility index (Phi) is 8.30. The topological polar surface area (TPSA) is 76.1 Å². The molecular formula is C32H45NO5. The fourth-order valence-corrected chi connectivity index (χ4v) is 7.80. The largest absolute Gasteiger partial charge is 0.477 e. The maximum atomic E-state index is 13.1. The number of benzene rings is 1. The Labute approximate surface area is 227 Å². The summed E-state index contributed by atoms with van der Waals surface area (Å²) in [7, 11) is 0. The first-order valence-corrected chi connectivity index (χ1v) is 15.1. The molecule has 6 nitrogen and oxygen atoms in total. The Bertz CT molecular complexity index is 1050. The number of piperidine rings is 1. The number of ether oxygens (including phenoxy) is 2. The molecule has 1 saturated heterocycles. The third-order valence-electron chi connectivity index (χ3n) is 9.68. The van der Waals surface area contributed by atoms with Crippen LogP contribution in [0, 0.1) is 0 Å². The highest BCUT2D eigenvalue weighted by molar-refractivity contribution is 5.90. The van der Waals surface area contributed by atoms with Crippen molar-refractivity contribution in [1.82, 2.24) is 4.90 Å². The molecule has 1 spiro atoms. The SMILES string of the molecule is C=CCN1CC[C@@]23c4c5ccc(OC(=O)CCCCCCCCCCCC)c4O[C@H]2C(=O)CC[C@@]3(O)[C@H]1C5. The molecule has 5 rings (SSSR count). The molecule has 0 amide bonds. The second-order valence-electron chi connectivity index (χ2n) is 11.9. The van der Waals surface area contributed by atoms with Gasteiger partial charge >= 0.3 is 5.97 Å². The molecular weight excluding hydrogens is 478 g/mol. The Hall–Kier alpha value is -2.18. The number of carbonyl (C=O) groups excluding carboxylic acids is 2. The van der Waals surface area contributed by atoms with E-state index in [0.717, 1.165) is 36.9 Å². The van der Waals surface area contributed by atoms with Gasteiger partial charge in [0.1, 0.15) is 0 Å². The second kappa shape index (κ2) is 11.5. The van der Waals surface area contributed by atoms with Crippen molar-refractivity contribution in [3.63, 3.8) is 0 Å². The van der Waals surface area contributed by atoms with Gasteiger partial charge in [-0.1, -0.05) is 76.9 Å². The van der Waals surface area contributed by atoms with Crippen molar-refractivity contribution in [2.45, 2.75) is 126 Å². The van der Waals surface area contributed by atoms with E-state index in [1.54, 1.807) is 0 Å². The average Bonchev–Trinajstić information content (AvgIpc) is 3.26. The van der Waals surface area contributed by atoms with Crippen LogP contribution < -0.4 is 9.47 Å². The summed E-state index contributed by atoms with van der Waals surface area (Å²) in [5.74, 6) is 0.685. The molecule has 0 unspecified atom stereocenters. The highest BCUT2D eigenvalue weighted by Gasteiger charge is 2.73. The predicted molar refractivity (Wildman–Crippen MR) is 148 cm³/mol. The summed E-state index contributed by atoms with van der Waals surface area (Å²) in [5.41, 5.74) is 0.183. The van der Waals surface area contributed by atoms with Crippen LogP contribution in [0.25, 0.3) is 0 Å². The summed E-state index contributed by atoms with van der Waals surface area (Å²) < 4.78 is 12.2. The minimum Gasteiger partial charge on any atom is -0.477 e. The molecule has 1 N–H and O–H groups in total. The third-order valence-corrected chi connectivity index (χ3v) is 9.68. The van der Waals surface area contributed by atoms with Crippen molar-refractivity contribution in [2.24, 2.45) is 0 Å². The summed E-state index contributed by atoms with van der Waals surface area (Å²) in [6, 6.07) is 3.75. The van der Waals surface area contributed by atoms with E-state index in [1.165, 1.54) is 44.9 Å². The van der Waals surface area contributed by atoms with Gasteiger partial charge in [0.2, 0.25) is 0 Å². The van der Waals surface area contributed by atoms with E-state index in [4.69, 9.17) is 9.47 Å². The van der Waals surface area contributed by atoms with Crippen LogP contribution in [0.1, 0.15) is 108 Å². The van der Waals surface area contributed by atoms with Crippen LogP contribution >= 0.6 is 0 Å². The lowest BCUT2D eigenvalue weighted by atomic mass is 9.49. The lowest BCUT2D eigenvalue weighted by Gasteiger charge is -2.62. The maximum Gasteiger partial charge on any atom is 0.311 e. The average molecular weight is 524 g/mol. The Morgan fingerprint density at radius 2 is 1.84 bits per heavy atom. The molecule has 4 aliphatic rings. The number of esters is 1. The van der Waals surface area contributed by atoms with Crippen molar-refractivity contribution in [3.8, 4) is 11.5 Å². The van der Waals surface area contributed by atoms with Gasteiger partial charge in [-0.3, -0.25) is 14.5 Å². The molecule has 2 bridgehead atoms. The number of hydrogen-bond donors (Lipinski definition) is 1. The number of aliphatic hydroxyl groups is 1. The lowest BCUT2D eigenvalue weighted by molar-refractivity contribution is -0.187. The highest BCUT2D eigenvalue weighted by atomic mass is 16.6. The van der Waals surface area contributed by atoms with Gasteiger partial charge in [0.25, 0.3) is 0 Å². The molecule has 2 aliphatic heterocycles. The number of nitrogens with zero attached hydrogens (tertiary/aromatic N) is 1. The summed E-state index contributed by atoms with van der Waals surface area (Å²) in [5, 5.41) is 12.2. The molecule has 4 atom stereocenters. The number of ketones is 1. The molecule has 2 heterocycles. The van der Waals surface area contributed by atoms with E-state index < -0.39 is 17.1 Å². The first-order valence-electron chi connectivity index (χ1n) is 15.1. The van der Waals surface area contributed by atoms with Crippen LogP contribution in [-0.2, 0) is 21.4 Å². The van der Waals surface area contributed by atoms with E-state index in [2.05, 4.69) is 18.4 Å². The van der Waals surface area contributed by atoms with Crippen LogP contribution in [0.15, 0.2) is 24.8 Å². The van der Waals surface area contributed by atoms with Crippen molar-refractivity contribution in [2.75, 3.05) is 13.1 Å². The van der Waals surface area contributed by atoms with Gasteiger partial charge < -0.3 is 14.6 Å². The van der Waals surface area contributed by atoms with Crippen molar-refractivity contribution in [1.29, 1.82) is 0 Å². The monoisotopic (exact) mass is 523 g/mol. The molecule has 1 aromatic carbocycles. The van der Waals surface area contributed by atoms with Gasteiger partial charge in [-0.05, 0) is 37.3 Å². The van der Waals surface area contributed by atoms with Crippen LogP contribution in [-0.4, -0.2) is 52.6 Å². The van der Waals surface area contributed by atoms with Crippen molar-refractivity contribution >= 4 is 11.8 Å². The van der Waals surface area contributed by atoms with Gasteiger partial charge in [-0.2, -0.15) is 0 Å². The fourth-order valence-electron chi connectivity index (χ4n) is 7.80. The Morgan fingerprint density at radius 1 is 1.13 bits per heavy atom. The number of carbonyl (C=O) groups is 2. The fraction of sp³-hybridized carbons (Fsp3) is 0.688. The lowest BCUT2D eigenvalue weighted by Crippen LogP contribution is -2.76. The van der Waals surface area contributed by atoms with E-state index in [9.17, 15) is 14.7 Å². The molecule has 1 saturated carbocycles. The van der Waals surface area contributed by atoms with Crippen LogP contribution in [0.5, 0.6) is 11.5 Å². The number of unbranched alkanes of at least 4 members (excludes halogenated alkanes) is 9. The molecule has 208 valence electrons. The summed E-state index contributed by atoms with van der Waals surface area (Å²) >= 11 is 0. The number of rotatable bonds is 14. The zero-order chi connectivity index (χ0) is 26.8. The Morgan fingerprint density at radius 3 is 2.55 bits per heavy atom. The Balaban J connectivity index is 1.24. The maximum absolute atomic E-state index is 13.1. The van der Waals surface area contributed by atoms with E-state index in [0.29, 0.717) is 50.1 Å². The van der Waals surface area contributed by atoms with E-state index >= 15 is 0 Å². The molecule has 0 radical (unpaired) electrons. The second-order valence-corrected chi connectivity index (χ2v) is 11.9. The zero-order valence-electron chi connectivity index (χ0n) is 23.1. The first-order chi connectivity index (χ1) is 18.5. The highest BCUT2D eigenvalue weighted by Crippen LogP contribution is 2.64. The molecule has 6 heteroatoms. The number of hydrogen-bond acceptors (Lipinski definition) is 6. The van der Waals surface area contributed by atoms with Gasteiger partial charge in [0.15, 0.2) is 23.4 Å². The molecule has 1 aromatic rings. The molecule has 2 fully saturated rings. The number of Topliss-reactive ketones (excluding diaryl/α,β-unsaturated/α-hetero) is 1. The summed E-state index contributed by atoms with van der Waals surface area (Å²) in [6.45, 7) is 7.63. The summed E-state index contributed by atoms with van der Waals surface area (Å²) in [4.78, 5) is 28.2. The van der Waals surface area contributed by atoms with Crippen molar-refractivity contribution in [3.05, 3.63) is 35.9 Å². The minimum absolute atomic E-state index is 0.0392.